The fourth-order valence-corrected chi connectivity index (χ4v) is 2.02. The molecule has 0 aromatic carbocycles. The summed E-state index contributed by atoms with van der Waals surface area (Å²) in [6.45, 7) is 3.06. The van der Waals surface area contributed by atoms with Crippen molar-refractivity contribution in [3.63, 3.8) is 0 Å². The first-order valence-corrected chi connectivity index (χ1v) is 8.47. The van der Waals surface area contributed by atoms with E-state index in [0.717, 1.165) is 0 Å². The summed E-state index contributed by atoms with van der Waals surface area (Å²) < 4.78 is 9.62. The Morgan fingerprint density at radius 3 is 1.68 bits per heavy atom. The zero-order valence-electron chi connectivity index (χ0n) is 15.4. The van der Waals surface area contributed by atoms with Crippen molar-refractivity contribution in [2.45, 2.75) is 63.6 Å². The molecule has 0 aliphatic heterocycles. The summed E-state index contributed by atoms with van der Waals surface area (Å²) in [7, 11) is 0. The lowest BCUT2D eigenvalue weighted by Gasteiger charge is -2.21. The Hall–Kier alpha value is -2.28. The number of carboxylic acid groups (broad SMARTS) is 2. The highest BCUT2D eigenvalue weighted by Gasteiger charge is 2.33. The Balaban J connectivity index is 4.42. The van der Waals surface area contributed by atoms with Crippen molar-refractivity contribution in [2.24, 2.45) is 5.92 Å². The monoisotopic (exact) mass is 410 g/mol. The molecule has 0 amide bonds. The van der Waals surface area contributed by atoms with Crippen molar-refractivity contribution in [3.8, 4) is 0 Å². The molecule has 0 saturated heterocycles. The van der Waals surface area contributed by atoms with Crippen molar-refractivity contribution >= 4 is 23.9 Å². The molecular weight excluding hydrogens is 384 g/mol. The zero-order valence-corrected chi connectivity index (χ0v) is 15.4. The Kier molecular flexibility index (Phi) is 11.2. The highest BCUT2D eigenvalue weighted by atomic mass is 16.6. The standard InChI is InChI=1S/C16H26O12/c1-3-8(6-27-15(25)11(19)9(17)13(21)22)5-4-7(2)28-16(26)12(20)10(18)14(23)24/h7-12,17-20H,3-6H2,1-2H3,(H,21,22)(H,23,24). The summed E-state index contributed by atoms with van der Waals surface area (Å²) in [4.78, 5) is 44.1. The van der Waals surface area contributed by atoms with E-state index < -0.39 is 54.4 Å². The molecule has 6 unspecified atom stereocenters. The lowest BCUT2D eigenvalue weighted by atomic mass is 9.99. The van der Waals surface area contributed by atoms with E-state index in [9.17, 15) is 29.4 Å². The van der Waals surface area contributed by atoms with Gasteiger partial charge in [0.2, 0.25) is 0 Å². The molecule has 6 N–H and O–H groups in total. The Bertz CT molecular complexity index is 548. The van der Waals surface area contributed by atoms with E-state index in [1.54, 1.807) is 6.92 Å². The number of aliphatic carboxylic acids is 2. The second kappa shape index (κ2) is 12.2. The summed E-state index contributed by atoms with van der Waals surface area (Å²) in [5, 5.41) is 53.9. The number of aliphatic hydroxyl groups is 4. The van der Waals surface area contributed by atoms with Gasteiger partial charge in [-0.05, 0) is 25.7 Å². The van der Waals surface area contributed by atoms with E-state index in [4.69, 9.17) is 29.9 Å². The van der Waals surface area contributed by atoms with E-state index in [1.807, 2.05) is 0 Å². The number of aliphatic hydroxyl groups excluding tert-OH is 4. The summed E-state index contributed by atoms with van der Waals surface area (Å²) >= 11 is 0. The van der Waals surface area contributed by atoms with Gasteiger partial charge in [0.25, 0.3) is 0 Å². The molecule has 162 valence electrons. The predicted molar refractivity (Wildman–Crippen MR) is 88.8 cm³/mol. The lowest BCUT2D eigenvalue weighted by Crippen LogP contribution is -2.41. The first kappa shape index (κ1) is 25.7. The Labute approximate surface area is 160 Å². The van der Waals surface area contributed by atoms with Gasteiger partial charge in [-0.15, -0.1) is 0 Å². The maximum atomic E-state index is 11.6. The molecule has 12 heteroatoms. The first-order chi connectivity index (χ1) is 12.9. The predicted octanol–water partition coefficient (Wildman–Crippen LogP) is -2.12. The highest BCUT2D eigenvalue weighted by Crippen LogP contribution is 2.16. The van der Waals surface area contributed by atoms with Crippen molar-refractivity contribution < 1.29 is 59.3 Å². The average molecular weight is 410 g/mol. The van der Waals surface area contributed by atoms with Gasteiger partial charge in [0.1, 0.15) is 0 Å². The van der Waals surface area contributed by atoms with E-state index >= 15 is 0 Å². The molecule has 0 aliphatic rings. The maximum absolute atomic E-state index is 11.6. The molecule has 0 saturated carbocycles. The highest BCUT2D eigenvalue weighted by molar-refractivity contribution is 5.84. The third-order valence-corrected chi connectivity index (χ3v) is 3.92. The van der Waals surface area contributed by atoms with Crippen LogP contribution >= 0.6 is 0 Å². The van der Waals surface area contributed by atoms with E-state index in [-0.39, 0.29) is 18.9 Å². The van der Waals surface area contributed by atoms with Gasteiger partial charge < -0.3 is 40.1 Å². The van der Waals surface area contributed by atoms with Crippen molar-refractivity contribution in [2.75, 3.05) is 6.61 Å². The van der Waals surface area contributed by atoms with Crippen molar-refractivity contribution in [1.82, 2.24) is 0 Å². The number of esters is 2. The second-order valence-electron chi connectivity index (χ2n) is 6.18. The number of rotatable bonds is 13. The summed E-state index contributed by atoms with van der Waals surface area (Å²) in [6, 6.07) is 0. The van der Waals surface area contributed by atoms with Crippen LogP contribution in [0.2, 0.25) is 0 Å². The second-order valence-corrected chi connectivity index (χ2v) is 6.18. The van der Waals surface area contributed by atoms with Crippen LogP contribution in [0, 0.1) is 5.92 Å². The lowest BCUT2D eigenvalue weighted by molar-refractivity contribution is -0.173. The summed E-state index contributed by atoms with van der Waals surface area (Å²) in [5.74, 6) is -6.39. The molecule has 0 aliphatic carbocycles. The van der Waals surface area contributed by atoms with Gasteiger partial charge in [0.05, 0.1) is 12.7 Å². The van der Waals surface area contributed by atoms with E-state index in [0.29, 0.717) is 12.8 Å². The molecular formula is C16H26O12. The number of carbonyl (C=O) groups excluding carboxylic acids is 2. The SMILES string of the molecule is CCC(CCC(C)OC(=O)C(O)C(O)C(=O)O)COC(=O)C(O)C(O)C(=O)O. The minimum atomic E-state index is -2.31. The number of hydrogen-bond acceptors (Lipinski definition) is 10. The fraction of sp³-hybridized carbons (Fsp3) is 0.750. The Morgan fingerprint density at radius 1 is 0.786 bits per heavy atom. The van der Waals surface area contributed by atoms with Gasteiger partial charge >= 0.3 is 23.9 Å². The van der Waals surface area contributed by atoms with Crippen LogP contribution in [0.4, 0.5) is 0 Å². The summed E-state index contributed by atoms with van der Waals surface area (Å²) in [6.07, 6.45) is -8.68. The molecule has 0 rings (SSSR count). The normalized spacial score (nSPS) is 17.5. The molecule has 6 atom stereocenters. The maximum Gasteiger partial charge on any atom is 0.338 e. The van der Waals surface area contributed by atoms with E-state index in [2.05, 4.69) is 0 Å². The number of ether oxygens (including phenoxy) is 2. The van der Waals surface area contributed by atoms with Crippen LogP contribution in [0.25, 0.3) is 0 Å². The molecule has 0 fully saturated rings. The van der Waals surface area contributed by atoms with Crippen molar-refractivity contribution in [1.29, 1.82) is 0 Å². The quantitative estimate of drug-likeness (QED) is 0.180. The first-order valence-electron chi connectivity index (χ1n) is 8.47. The molecule has 0 aromatic heterocycles. The minimum absolute atomic E-state index is 0.181. The third kappa shape index (κ3) is 8.61. The molecule has 0 heterocycles. The minimum Gasteiger partial charge on any atom is -0.479 e. The van der Waals surface area contributed by atoms with Crippen LogP contribution in [-0.4, -0.2) is 91.6 Å². The van der Waals surface area contributed by atoms with Crippen LogP contribution in [0.1, 0.15) is 33.1 Å². The molecule has 12 nitrogen and oxygen atoms in total. The largest absolute Gasteiger partial charge is 0.479 e. The fourth-order valence-electron chi connectivity index (χ4n) is 2.02. The zero-order chi connectivity index (χ0) is 22.0. The molecule has 0 aromatic rings. The Morgan fingerprint density at radius 2 is 1.25 bits per heavy atom. The number of hydrogen-bond donors (Lipinski definition) is 6. The molecule has 28 heavy (non-hydrogen) atoms. The number of carboxylic acids is 2. The van der Waals surface area contributed by atoms with Gasteiger partial charge in [0.15, 0.2) is 24.4 Å². The van der Waals surface area contributed by atoms with Gasteiger partial charge in [-0.1, -0.05) is 13.3 Å². The van der Waals surface area contributed by atoms with Gasteiger partial charge in [-0.3, -0.25) is 0 Å². The van der Waals surface area contributed by atoms with Crippen LogP contribution in [-0.2, 0) is 28.7 Å². The topological polar surface area (TPSA) is 208 Å². The molecule has 0 radical (unpaired) electrons. The average Bonchev–Trinajstić information content (AvgIpc) is 2.64. The van der Waals surface area contributed by atoms with E-state index in [1.165, 1.54) is 6.92 Å². The van der Waals surface area contributed by atoms with Gasteiger partial charge in [0, 0.05) is 0 Å². The summed E-state index contributed by atoms with van der Waals surface area (Å²) in [5.41, 5.74) is 0. The van der Waals surface area contributed by atoms with Crippen LogP contribution in [0.5, 0.6) is 0 Å². The van der Waals surface area contributed by atoms with Gasteiger partial charge in [-0.2, -0.15) is 0 Å². The van der Waals surface area contributed by atoms with Crippen LogP contribution in [0.15, 0.2) is 0 Å². The van der Waals surface area contributed by atoms with Crippen LogP contribution in [0.3, 0.4) is 0 Å². The number of carbonyl (C=O) groups is 4. The van der Waals surface area contributed by atoms with Crippen LogP contribution < -0.4 is 0 Å². The smallest absolute Gasteiger partial charge is 0.338 e. The van der Waals surface area contributed by atoms with Gasteiger partial charge in [-0.25, -0.2) is 19.2 Å². The third-order valence-electron chi connectivity index (χ3n) is 3.92. The molecule has 0 bridgehead atoms. The van der Waals surface area contributed by atoms with Crippen molar-refractivity contribution in [3.05, 3.63) is 0 Å². The molecule has 0 spiro atoms.